The highest BCUT2D eigenvalue weighted by atomic mass is 35.5. The van der Waals surface area contributed by atoms with Gasteiger partial charge < -0.3 is 19.2 Å². The largest absolute Gasteiger partial charge is 0.484 e. The highest BCUT2D eigenvalue weighted by Crippen LogP contribution is 2.39. The number of fused-ring (bicyclic) bond motifs is 1. The molecule has 1 heterocycles. The fraction of sp³-hybridized carbons (Fsp3) is 0.241. The number of hydrogen-bond acceptors (Lipinski definition) is 5. The van der Waals surface area contributed by atoms with Gasteiger partial charge in [-0.25, -0.2) is 0 Å². The van der Waals surface area contributed by atoms with Gasteiger partial charge in [-0.05, 0) is 66.8 Å². The molecule has 10 heteroatoms. The Morgan fingerprint density at radius 2 is 1.69 bits per heavy atom. The van der Waals surface area contributed by atoms with E-state index in [0.717, 1.165) is 11.6 Å². The maximum absolute atomic E-state index is 13.9. The molecule has 0 aliphatic carbocycles. The van der Waals surface area contributed by atoms with E-state index in [1.807, 2.05) is 26.0 Å². The Morgan fingerprint density at radius 3 is 2.33 bits per heavy atom. The van der Waals surface area contributed by atoms with Crippen molar-refractivity contribution in [1.29, 1.82) is 0 Å². The Kier molecular flexibility index (Phi) is 7.92. The van der Waals surface area contributed by atoms with Gasteiger partial charge in [0.1, 0.15) is 17.1 Å². The monoisotopic (exact) mass is 559 g/mol. The summed E-state index contributed by atoms with van der Waals surface area (Å²) in [5, 5.41) is 3.06. The van der Waals surface area contributed by atoms with Crippen LogP contribution >= 0.6 is 11.6 Å². The van der Waals surface area contributed by atoms with Crippen molar-refractivity contribution >= 4 is 34.2 Å². The van der Waals surface area contributed by atoms with E-state index in [2.05, 4.69) is 5.32 Å². The van der Waals surface area contributed by atoms with E-state index < -0.39 is 35.6 Å². The van der Waals surface area contributed by atoms with Gasteiger partial charge in [-0.2, -0.15) is 13.2 Å². The third kappa shape index (κ3) is 6.20. The standard InChI is InChI=1S/C29H25ClF3NO5/c1-15(2)20-7-5-6-8-22(20)34-24(35)14-37-18-9-10-21-23(13-18)39-28(29(31,32)33)27(26(21)36)38-19-11-16(3)25(30)17(4)12-19/h5-13,15H,14H2,1-4H3,(H,34,35). The van der Waals surface area contributed by atoms with Gasteiger partial charge in [0.25, 0.3) is 11.7 Å². The molecular weight excluding hydrogens is 535 g/mol. The van der Waals surface area contributed by atoms with E-state index in [-0.39, 0.29) is 28.4 Å². The highest BCUT2D eigenvalue weighted by molar-refractivity contribution is 6.32. The summed E-state index contributed by atoms with van der Waals surface area (Å²) in [7, 11) is 0. The number of aryl methyl sites for hydroxylation is 2. The van der Waals surface area contributed by atoms with Crippen molar-refractivity contribution < 1.29 is 31.9 Å². The molecular formula is C29H25ClF3NO5. The fourth-order valence-corrected chi connectivity index (χ4v) is 4.17. The van der Waals surface area contributed by atoms with Crippen LogP contribution in [0.5, 0.6) is 17.2 Å². The molecule has 3 aromatic carbocycles. The topological polar surface area (TPSA) is 77.8 Å². The predicted octanol–water partition coefficient (Wildman–Crippen LogP) is 8.02. The first-order valence-electron chi connectivity index (χ1n) is 12.0. The van der Waals surface area contributed by atoms with Crippen LogP contribution in [-0.2, 0) is 11.0 Å². The smallest absolute Gasteiger partial charge is 0.453 e. The average Bonchev–Trinajstić information content (AvgIpc) is 2.87. The minimum absolute atomic E-state index is 0.0107. The highest BCUT2D eigenvalue weighted by Gasteiger charge is 2.40. The van der Waals surface area contributed by atoms with Crippen LogP contribution in [0.1, 0.15) is 42.2 Å². The molecule has 0 unspecified atom stereocenters. The van der Waals surface area contributed by atoms with Crippen LogP contribution in [0.4, 0.5) is 18.9 Å². The summed E-state index contributed by atoms with van der Waals surface area (Å²) >= 11 is 6.13. The van der Waals surface area contributed by atoms with Crippen LogP contribution in [0.25, 0.3) is 11.0 Å². The van der Waals surface area contributed by atoms with E-state index in [1.165, 1.54) is 24.3 Å². The molecule has 0 spiro atoms. The number of para-hydroxylation sites is 1. The van der Waals surface area contributed by atoms with Crippen LogP contribution < -0.4 is 20.2 Å². The number of hydrogen-bond donors (Lipinski definition) is 1. The normalized spacial score (nSPS) is 11.6. The zero-order chi connectivity index (χ0) is 28.5. The van der Waals surface area contributed by atoms with Crippen molar-refractivity contribution in [1.82, 2.24) is 0 Å². The van der Waals surface area contributed by atoms with Crippen molar-refractivity contribution in [2.24, 2.45) is 0 Å². The summed E-state index contributed by atoms with van der Waals surface area (Å²) in [5.41, 5.74) is 1.35. The summed E-state index contributed by atoms with van der Waals surface area (Å²) in [5.74, 6) is -2.81. The minimum atomic E-state index is -5.03. The number of anilines is 1. The van der Waals surface area contributed by atoms with Gasteiger partial charge in [0.05, 0.1) is 5.39 Å². The number of amides is 1. The number of nitrogens with one attached hydrogen (secondary N) is 1. The second kappa shape index (κ2) is 11.0. The molecule has 204 valence electrons. The maximum atomic E-state index is 13.9. The quantitative estimate of drug-likeness (QED) is 0.248. The lowest BCUT2D eigenvalue weighted by atomic mass is 10.0. The molecule has 0 saturated carbocycles. The molecule has 1 N–H and O–H groups in total. The Morgan fingerprint density at radius 1 is 1.03 bits per heavy atom. The number of alkyl halides is 3. The molecule has 0 bridgehead atoms. The van der Waals surface area contributed by atoms with Crippen LogP contribution in [0.15, 0.2) is 63.8 Å². The fourth-order valence-electron chi connectivity index (χ4n) is 4.06. The van der Waals surface area contributed by atoms with Crippen molar-refractivity contribution in [2.45, 2.75) is 39.8 Å². The Hall–Kier alpha value is -3.98. The predicted molar refractivity (Wildman–Crippen MR) is 143 cm³/mol. The second-order valence-corrected chi connectivity index (χ2v) is 9.68. The number of halogens is 4. The van der Waals surface area contributed by atoms with E-state index in [9.17, 15) is 22.8 Å². The molecule has 39 heavy (non-hydrogen) atoms. The molecule has 0 aliphatic heterocycles. The lowest BCUT2D eigenvalue weighted by Crippen LogP contribution is -2.21. The van der Waals surface area contributed by atoms with Crippen LogP contribution in [0.3, 0.4) is 0 Å². The van der Waals surface area contributed by atoms with Gasteiger partial charge in [0.2, 0.25) is 11.2 Å². The van der Waals surface area contributed by atoms with Gasteiger partial charge in [-0.15, -0.1) is 0 Å². The molecule has 6 nitrogen and oxygen atoms in total. The van der Waals surface area contributed by atoms with E-state index in [0.29, 0.717) is 21.8 Å². The number of carbonyl (C=O) groups is 1. The number of carbonyl (C=O) groups excluding carboxylic acids is 1. The van der Waals surface area contributed by atoms with E-state index >= 15 is 0 Å². The zero-order valence-electron chi connectivity index (χ0n) is 21.5. The lowest BCUT2D eigenvalue weighted by molar-refractivity contribution is -0.154. The van der Waals surface area contributed by atoms with Gasteiger partial charge in [0, 0.05) is 16.8 Å². The van der Waals surface area contributed by atoms with Crippen molar-refractivity contribution in [3.63, 3.8) is 0 Å². The molecule has 0 radical (unpaired) electrons. The third-order valence-electron chi connectivity index (χ3n) is 5.94. The number of benzene rings is 3. The Balaban J connectivity index is 1.62. The SMILES string of the molecule is Cc1cc(Oc2c(C(F)(F)F)oc3cc(OCC(=O)Nc4ccccc4C(C)C)ccc3c2=O)cc(C)c1Cl. The molecule has 0 fully saturated rings. The molecule has 4 aromatic rings. The average molecular weight is 560 g/mol. The lowest BCUT2D eigenvalue weighted by Gasteiger charge is -2.15. The summed E-state index contributed by atoms with van der Waals surface area (Å²) < 4.78 is 57.8. The molecule has 0 aliphatic rings. The summed E-state index contributed by atoms with van der Waals surface area (Å²) in [4.78, 5) is 25.6. The Bertz CT molecular complexity index is 1590. The summed E-state index contributed by atoms with van der Waals surface area (Å²) in [6.45, 7) is 6.91. The van der Waals surface area contributed by atoms with Crippen LogP contribution in [-0.4, -0.2) is 12.5 Å². The first-order chi connectivity index (χ1) is 18.3. The van der Waals surface area contributed by atoms with Gasteiger partial charge in [0.15, 0.2) is 6.61 Å². The van der Waals surface area contributed by atoms with Crippen LogP contribution in [0.2, 0.25) is 5.02 Å². The van der Waals surface area contributed by atoms with Crippen LogP contribution in [0, 0.1) is 13.8 Å². The number of rotatable bonds is 7. The molecule has 1 amide bonds. The molecule has 0 saturated heterocycles. The second-order valence-electron chi connectivity index (χ2n) is 9.30. The molecule has 0 atom stereocenters. The first kappa shape index (κ1) is 28.0. The maximum Gasteiger partial charge on any atom is 0.453 e. The van der Waals surface area contributed by atoms with Gasteiger partial charge >= 0.3 is 6.18 Å². The van der Waals surface area contributed by atoms with Crippen molar-refractivity contribution in [3.05, 3.63) is 92.3 Å². The van der Waals surface area contributed by atoms with E-state index in [4.69, 9.17) is 25.5 Å². The van der Waals surface area contributed by atoms with Crippen molar-refractivity contribution in [2.75, 3.05) is 11.9 Å². The Labute approximate surface area is 227 Å². The van der Waals surface area contributed by atoms with Gasteiger partial charge in [-0.3, -0.25) is 9.59 Å². The number of ether oxygens (including phenoxy) is 2. The molecule has 1 aromatic heterocycles. The third-order valence-corrected chi connectivity index (χ3v) is 6.53. The molecule has 4 rings (SSSR count). The van der Waals surface area contributed by atoms with Crippen molar-refractivity contribution in [3.8, 4) is 17.2 Å². The first-order valence-corrected chi connectivity index (χ1v) is 12.4. The summed E-state index contributed by atoms with van der Waals surface area (Å²) in [6.07, 6.45) is -5.03. The summed E-state index contributed by atoms with van der Waals surface area (Å²) in [6, 6.07) is 13.9. The minimum Gasteiger partial charge on any atom is -0.484 e. The van der Waals surface area contributed by atoms with E-state index in [1.54, 1.807) is 26.0 Å². The zero-order valence-corrected chi connectivity index (χ0v) is 22.3. The van der Waals surface area contributed by atoms with Gasteiger partial charge in [-0.1, -0.05) is 43.6 Å².